The lowest BCUT2D eigenvalue weighted by atomic mass is 10.6. The summed E-state index contributed by atoms with van der Waals surface area (Å²) in [5, 5.41) is 0. The molecule has 1 nitrogen and oxygen atoms in total. The number of rotatable bonds is 3. The highest BCUT2D eigenvalue weighted by Gasteiger charge is 1.80. The van der Waals surface area contributed by atoms with Crippen LogP contribution in [0.2, 0.25) is 0 Å². The van der Waals surface area contributed by atoms with E-state index in [1.54, 1.807) is 6.92 Å². The van der Waals surface area contributed by atoms with Crippen LogP contribution < -0.4 is 0 Å². The number of hydrogen-bond donors (Lipinski definition) is 0. The fourth-order valence-electron chi connectivity index (χ4n) is 0.144. The summed E-state index contributed by atoms with van der Waals surface area (Å²) >= 11 is 1.13. The number of hydrogen-bond acceptors (Lipinski definition) is 3. The van der Waals surface area contributed by atoms with Crippen molar-refractivity contribution in [1.29, 1.82) is 0 Å². The van der Waals surface area contributed by atoms with E-state index in [1.165, 1.54) is 0 Å². The zero-order chi connectivity index (χ0) is 6.24. The van der Waals surface area contributed by atoms with Crippen molar-refractivity contribution in [3.63, 3.8) is 0 Å². The van der Waals surface area contributed by atoms with Crippen molar-refractivity contribution in [3.05, 3.63) is 0 Å². The summed E-state index contributed by atoms with van der Waals surface area (Å²) in [6.45, 7) is 2.21. The Morgan fingerprint density at radius 3 is 3.00 bits per heavy atom. The van der Waals surface area contributed by atoms with Crippen LogP contribution in [0.1, 0.15) is 6.92 Å². The summed E-state index contributed by atoms with van der Waals surface area (Å²) in [7, 11) is 6.24. The molecule has 4 heteroatoms. The van der Waals surface area contributed by atoms with Crippen LogP contribution in [-0.2, 0) is 4.18 Å². The third-order valence-electron chi connectivity index (χ3n) is 0.382. The molecule has 0 heterocycles. The molecule has 0 saturated carbocycles. The van der Waals surface area contributed by atoms with Crippen molar-refractivity contribution in [2.75, 3.05) is 6.61 Å². The molecule has 8 heavy (non-hydrogen) atoms. The van der Waals surface area contributed by atoms with Gasteiger partial charge in [-0.25, -0.2) is 0 Å². The zero-order valence-corrected chi connectivity index (χ0v) is 6.70. The van der Waals surface area contributed by atoms with Crippen LogP contribution in [0.25, 0.3) is 0 Å². The Bertz CT molecular complexity index is 95.9. The van der Waals surface area contributed by atoms with Gasteiger partial charge in [0.2, 0.25) is 0 Å². The quantitative estimate of drug-likeness (QED) is 0.277. The van der Waals surface area contributed by atoms with Crippen LogP contribution in [-0.4, -0.2) is 6.61 Å². The Morgan fingerprint density at radius 1 is 1.75 bits per heavy atom. The standard InChI is InChI=1S/C4H5ClOS2/c1-2-3-4-6-8-7-5/h4H2,1H3. The average Bonchev–Trinajstić information content (AvgIpc) is 1.81. The van der Waals surface area contributed by atoms with Crippen molar-refractivity contribution < 1.29 is 4.18 Å². The van der Waals surface area contributed by atoms with Crippen LogP contribution >= 0.6 is 31.8 Å². The predicted molar refractivity (Wildman–Crippen MR) is 40.4 cm³/mol. The van der Waals surface area contributed by atoms with Gasteiger partial charge in [-0.05, 0) is 17.6 Å². The van der Waals surface area contributed by atoms with Gasteiger partial charge in [0.15, 0.2) is 0 Å². The average molecular weight is 169 g/mol. The zero-order valence-electron chi connectivity index (χ0n) is 4.31. The van der Waals surface area contributed by atoms with Gasteiger partial charge in [-0.2, -0.15) is 0 Å². The molecule has 0 spiro atoms. The Hall–Kier alpha value is 0.510. The molecule has 0 aliphatic heterocycles. The van der Waals surface area contributed by atoms with Gasteiger partial charge in [0.05, 0.1) is 11.1 Å². The largest absolute Gasteiger partial charge is 0.291 e. The molecule has 0 saturated heterocycles. The lowest BCUT2D eigenvalue weighted by Crippen LogP contribution is -1.75. The third kappa shape index (κ3) is 6.51. The lowest BCUT2D eigenvalue weighted by molar-refractivity contribution is 0.445. The highest BCUT2D eigenvalue weighted by atomic mass is 35.7. The summed E-state index contributed by atoms with van der Waals surface area (Å²) in [5.41, 5.74) is 0. The van der Waals surface area contributed by atoms with Gasteiger partial charge < -0.3 is 0 Å². The van der Waals surface area contributed by atoms with Crippen LogP contribution in [0, 0.1) is 11.8 Å². The van der Waals surface area contributed by atoms with Gasteiger partial charge in [-0.3, -0.25) is 4.18 Å². The summed E-state index contributed by atoms with van der Waals surface area (Å²) < 4.78 is 4.80. The van der Waals surface area contributed by atoms with Crippen molar-refractivity contribution in [2.24, 2.45) is 0 Å². The van der Waals surface area contributed by atoms with E-state index in [2.05, 4.69) is 11.8 Å². The van der Waals surface area contributed by atoms with E-state index in [1.807, 2.05) is 0 Å². The van der Waals surface area contributed by atoms with E-state index in [-0.39, 0.29) is 0 Å². The molecule has 0 aromatic carbocycles. The Labute approximate surface area is 61.6 Å². The highest BCUT2D eigenvalue weighted by molar-refractivity contribution is 8.83. The predicted octanol–water partition coefficient (Wildman–Crippen LogP) is 2.48. The first-order valence-corrected chi connectivity index (χ1v) is 4.78. The van der Waals surface area contributed by atoms with Gasteiger partial charge in [0, 0.05) is 10.0 Å². The first-order valence-electron chi connectivity index (χ1n) is 1.88. The second-order valence-corrected chi connectivity index (χ2v) is 3.24. The summed E-state index contributed by atoms with van der Waals surface area (Å²) in [6, 6.07) is 0. The fraction of sp³-hybridized carbons (Fsp3) is 0.500. The first kappa shape index (κ1) is 8.51. The van der Waals surface area contributed by atoms with Gasteiger partial charge in [-0.1, -0.05) is 5.92 Å². The minimum Gasteiger partial charge on any atom is -0.291 e. The summed E-state index contributed by atoms with van der Waals surface area (Å²) in [5.74, 6) is 5.40. The van der Waals surface area contributed by atoms with Crippen molar-refractivity contribution in [1.82, 2.24) is 0 Å². The molecule has 0 amide bonds. The molecular formula is C4H5ClOS2. The molecule has 0 fully saturated rings. The smallest absolute Gasteiger partial charge is 0.123 e. The molecule has 0 bridgehead atoms. The second-order valence-electron chi connectivity index (χ2n) is 0.820. The van der Waals surface area contributed by atoms with E-state index in [0.717, 1.165) is 21.1 Å². The van der Waals surface area contributed by atoms with Crippen LogP contribution in [0.15, 0.2) is 0 Å². The fourth-order valence-corrected chi connectivity index (χ4v) is 0.868. The normalized spacial score (nSPS) is 7.75. The molecule has 0 radical (unpaired) electrons. The van der Waals surface area contributed by atoms with Crippen LogP contribution in [0.3, 0.4) is 0 Å². The van der Waals surface area contributed by atoms with E-state index in [0.29, 0.717) is 6.61 Å². The monoisotopic (exact) mass is 168 g/mol. The van der Waals surface area contributed by atoms with Crippen LogP contribution in [0.5, 0.6) is 0 Å². The van der Waals surface area contributed by atoms with Crippen molar-refractivity contribution in [2.45, 2.75) is 6.92 Å². The summed E-state index contributed by atoms with van der Waals surface area (Å²) in [4.78, 5) is 0. The SMILES string of the molecule is CC#CCOSSCl. The molecule has 0 unspecified atom stereocenters. The van der Waals surface area contributed by atoms with E-state index in [9.17, 15) is 0 Å². The topological polar surface area (TPSA) is 9.23 Å². The molecule has 0 atom stereocenters. The molecule has 46 valence electrons. The maximum atomic E-state index is 5.19. The molecule has 0 rings (SSSR count). The molecule has 0 aromatic heterocycles. The van der Waals surface area contributed by atoms with Gasteiger partial charge >= 0.3 is 0 Å². The van der Waals surface area contributed by atoms with Crippen LogP contribution in [0.4, 0.5) is 0 Å². The number of halogens is 1. The van der Waals surface area contributed by atoms with E-state index >= 15 is 0 Å². The minimum atomic E-state index is 0.445. The van der Waals surface area contributed by atoms with Gasteiger partial charge in [-0.15, -0.1) is 5.92 Å². The minimum absolute atomic E-state index is 0.445. The summed E-state index contributed by atoms with van der Waals surface area (Å²) in [6.07, 6.45) is 0. The molecule has 0 aliphatic rings. The second kappa shape index (κ2) is 7.51. The van der Waals surface area contributed by atoms with Gasteiger partial charge in [0.25, 0.3) is 0 Å². The van der Waals surface area contributed by atoms with Crippen molar-refractivity contribution >= 4 is 31.8 Å². The third-order valence-corrected chi connectivity index (χ3v) is 1.55. The lowest BCUT2D eigenvalue weighted by Gasteiger charge is -1.87. The maximum absolute atomic E-state index is 5.19. The van der Waals surface area contributed by atoms with E-state index < -0.39 is 0 Å². The molecule has 0 N–H and O–H groups in total. The van der Waals surface area contributed by atoms with Gasteiger partial charge in [0.1, 0.15) is 6.61 Å². The Morgan fingerprint density at radius 2 is 2.50 bits per heavy atom. The van der Waals surface area contributed by atoms with E-state index in [4.69, 9.17) is 14.9 Å². The molecular weight excluding hydrogens is 164 g/mol. The molecule has 0 aliphatic carbocycles. The molecule has 0 aromatic rings. The maximum Gasteiger partial charge on any atom is 0.123 e. The highest BCUT2D eigenvalue weighted by Crippen LogP contribution is 2.25. The first-order chi connectivity index (χ1) is 3.91. The Balaban J connectivity index is 2.79. The van der Waals surface area contributed by atoms with Crippen molar-refractivity contribution in [3.8, 4) is 11.8 Å². The Kier molecular flexibility index (Phi) is 7.99.